The fraction of sp³-hybridized carbons (Fsp3) is 0.667. The number of nitrogens with one attached hydrogen (secondary N) is 1. The Morgan fingerprint density at radius 1 is 1.30 bits per heavy atom. The molecule has 0 saturated carbocycles. The Labute approximate surface area is 143 Å². The van der Waals surface area contributed by atoms with E-state index in [-0.39, 0.29) is 17.7 Å². The van der Waals surface area contributed by atoms with Gasteiger partial charge in [0.1, 0.15) is 0 Å². The van der Waals surface area contributed by atoms with Crippen molar-refractivity contribution in [3.05, 3.63) is 21.9 Å². The fourth-order valence-electron chi connectivity index (χ4n) is 2.86. The number of likely N-dealkylation sites (tertiary alicyclic amines) is 1. The second kappa shape index (κ2) is 8.48. The first-order chi connectivity index (χ1) is 11.0. The third-order valence-electron chi connectivity index (χ3n) is 4.36. The number of rotatable bonds is 6. The van der Waals surface area contributed by atoms with E-state index in [1.165, 1.54) is 4.88 Å². The van der Waals surface area contributed by atoms with Gasteiger partial charge in [-0.3, -0.25) is 9.59 Å². The van der Waals surface area contributed by atoms with Gasteiger partial charge in [-0.25, -0.2) is 0 Å². The number of carbonyl (C=O) groups excluding carboxylic acids is 2. The molecule has 2 amide bonds. The Balaban J connectivity index is 1.72. The highest BCUT2D eigenvalue weighted by Crippen LogP contribution is 2.20. The summed E-state index contributed by atoms with van der Waals surface area (Å²) >= 11 is 1.69. The van der Waals surface area contributed by atoms with E-state index in [0.717, 1.165) is 30.7 Å². The van der Waals surface area contributed by atoms with E-state index in [1.54, 1.807) is 11.3 Å². The molecule has 1 fully saturated rings. The first-order valence-corrected chi connectivity index (χ1v) is 9.38. The summed E-state index contributed by atoms with van der Waals surface area (Å²) in [7, 11) is 0. The third-order valence-corrected chi connectivity index (χ3v) is 5.36. The Hall–Kier alpha value is -1.36. The van der Waals surface area contributed by atoms with Crippen LogP contribution in [0.25, 0.3) is 0 Å². The number of hydrogen-bond acceptors (Lipinski definition) is 3. The van der Waals surface area contributed by atoms with E-state index < -0.39 is 0 Å². The second-order valence-corrected chi connectivity index (χ2v) is 8.19. The van der Waals surface area contributed by atoms with E-state index >= 15 is 0 Å². The van der Waals surface area contributed by atoms with Crippen LogP contribution < -0.4 is 5.32 Å². The zero-order valence-electron chi connectivity index (χ0n) is 14.4. The number of nitrogens with zero attached hydrogens (tertiary/aromatic N) is 1. The summed E-state index contributed by atoms with van der Waals surface area (Å²) in [6.07, 6.45) is 3.07. The van der Waals surface area contributed by atoms with Crippen LogP contribution in [0.15, 0.2) is 12.1 Å². The number of amides is 2. The summed E-state index contributed by atoms with van der Waals surface area (Å²) in [5.74, 6) is 1.02. The molecule has 0 unspecified atom stereocenters. The van der Waals surface area contributed by atoms with Gasteiger partial charge in [0.25, 0.3) is 0 Å². The highest BCUT2D eigenvalue weighted by atomic mass is 32.1. The smallest absolute Gasteiger partial charge is 0.227 e. The van der Waals surface area contributed by atoms with E-state index in [1.807, 2.05) is 11.0 Å². The van der Waals surface area contributed by atoms with Gasteiger partial charge in [-0.15, -0.1) is 11.3 Å². The molecule has 0 aromatic carbocycles. The van der Waals surface area contributed by atoms with E-state index in [2.05, 4.69) is 32.2 Å². The van der Waals surface area contributed by atoms with E-state index in [4.69, 9.17) is 0 Å². The maximum Gasteiger partial charge on any atom is 0.227 e. The van der Waals surface area contributed by atoms with Gasteiger partial charge in [-0.05, 0) is 44.2 Å². The van der Waals surface area contributed by atoms with Crippen LogP contribution in [0.2, 0.25) is 0 Å². The summed E-state index contributed by atoms with van der Waals surface area (Å²) < 4.78 is 0. The van der Waals surface area contributed by atoms with Crippen LogP contribution >= 0.6 is 11.3 Å². The molecule has 0 aliphatic carbocycles. The lowest BCUT2D eigenvalue weighted by atomic mass is 9.95. The highest BCUT2D eigenvalue weighted by Gasteiger charge is 2.27. The van der Waals surface area contributed by atoms with Gasteiger partial charge in [0.05, 0.1) is 6.42 Å². The fourth-order valence-corrected chi connectivity index (χ4v) is 3.74. The molecule has 128 valence electrons. The molecule has 1 aromatic rings. The molecular formula is C18H28N2O2S. The van der Waals surface area contributed by atoms with Gasteiger partial charge in [0.15, 0.2) is 0 Å². The van der Waals surface area contributed by atoms with Gasteiger partial charge in [0.2, 0.25) is 11.8 Å². The number of piperidine rings is 1. The topological polar surface area (TPSA) is 49.4 Å². The van der Waals surface area contributed by atoms with Crippen LogP contribution in [0, 0.1) is 18.8 Å². The van der Waals surface area contributed by atoms with E-state index in [9.17, 15) is 9.59 Å². The Morgan fingerprint density at radius 2 is 2.00 bits per heavy atom. The van der Waals surface area contributed by atoms with Crippen molar-refractivity contribution in [2.45, 2.75) is 46.5 Å². The van der Waals surface area contributed by atoms with E-state index in [0.29, 0.717) is 25.4 Å². The quantitative estimate of drug-likeness (QED) is 0.868. The number of hydrogen-bond donors (Lipinski definition) is 1. The summed E-state index contributed by atoms with van der Waals surface area (Å²) in [5, 5.41) is 3.03. The molecule has 0 radical (unpaired) electrons. The zero-order valence-corrected chi connectivity index (χ0v) is 15.2. The van der Waals surface area contributed by atoms with Crippen LogP contribution in [-0.4, -0.2) is 36.3 Å². The molecule has 0 spiro atoms. The van der Waals surface area contributed by atoms with Gasteiger partial charge in [-0.1, -0.05) is 13.8 Å². The number of carbonyl (C=O) groups is 2. The molecule has 1 aromatic heterocycles. The molecule has 1 aliphatic rings. The van der Waals surface area contributed by atoms with Crippen molar-refractivity contribution in [3.8, 4) is 0 Å². The van der Waals surface area contributed by atoms with Crippen molar-refractivity contribution in [2.75, 3.05) is 19.6 Å². The van der Waals surface area contributed by atoms with Crippen LogP contribution in [0.3, 0.4) is 0 Å². The van der Waals surface area contributed by atoms with Gasteiger partial charge >= 0.3 is 0 Å². The molecule has 2 heterocycles. The highest BCUT2D eigenvalue weighted by molar-refractivity contribution is 7.12. The first-order valence-electron chi connectivity index (χ1n) is 8.56. The van der Waals surface area contributed by atoms with Gasteiger partial charge in [-0.2, -0.15) is 0 Å². The maximum absolute atomic E-state index is 12.3. The summed E-state index contributed by atoms with van der Waals surface area (Å²) in [6, 6.07) is 4.09. The Bertz CT molecular complexity index is 531. The standard InChI is InChI=1S/C18H28N2O2S/c1-13(2)6-9-19-18(22)15-7-10-20(11-8-15)17(21)12-16-5-4-14(3)23-16/h4-5,13,15H,6-12H2,1-3H3,(H,19,22). The minimum absolute atomic E-state index is 0.0650. The second-order valence-electron chi connectivity index (χ2n) is 6.82. The van der Waals surface area contributed by atoms with Crippen molar-refractivity contribution in [3.63, 3.8) is 0 Å². The minimum atomic E-state index is 0.0650. The lowest BCUT2D eigenvalue weighted by Gasteiger charge is -2.31. The van der Waals surface area contributed by atoms with Gasteiger partial charge in [0, 0.05) is 35.3 Å². The zero-order chi connectivity index (χ0) is 16.8. The maximum atomic E-state index is 12.3. The summed E-state index contributed by atoms with van der Waals surface area (Å²) in [4.78, 5) is 28.7. The SMILES string of the molecule is Cc1ccc(CC(=O)N2CCC(C(=O)NCCC(C)C)CC2)s1. The van der Waals surface area contributed by atoms with Crippen molar-refractivity contribution < 1.29 is 9.59 Å². The normalized spacial score (nSPS) is 15.9. The molecule has 0 atom stereocenters. The predicted molar refractivity (Wildman–Crippen MR) is 94.5 cm³/mol. The Kier molecular flexibility index (Phi) is 6.63. The van der Waals surface area contributed by atoms with Crippen LogP contribution in [-0.2, 0) is 16.0 Å². The Morgan fingerprint density at radius 3 is 2.57 bits per heavy atom. The lowest BCUT2D eigenvalue weighted by Crippen LogP contribution is -2.43. The van der Waals surface area contributed by atoms with Crippen molar-refractivity contribution in [2.24, 2.45) is 11.8 Å². The molecule has 1 saturated heterocycles. The average Bonchev–Trinajstić information content (AvgIpc) is 2.92. The van der Waals surface area contributed by atoms with Gasteiger partial charge < -0.3 is 10.2 Å². The monoisotopic (exact) mass is 336 g/mol. The van der Waals surface area contributed by atoms with Crippen LogP contribution in [0.1, 0.15) is 42.9 Å². The molecule has 2 rings (SSSR count). The molecule has 4 nitrogen and oxygen atoms in total. The first kappa shape index (κ1) is 18.0. The molecular weight excluding hydrogens is 308 g/mol. The van der Waals surface area contributed by atoms with Crippen molar-refractivity contribution in [1.29, 1.82) is 0 Å². The molecule has 23 heavy (non-hydrogen) atoms. The average molecular weight is 337 g/mol. The summed E-state index contributed by atoms with van der Waals surface area (Å²) in [6.45, 7) is 8.53. The molecule has 1 N–H and O–H groups in total. The van der Waals surface area contributed by atoms with Crippen molar-refractivity contribution >= 4 is 23.2 Å². The largest absolute Gasteiger partial charge is 0.356 e. The number of aryl methyl sites for hydroxylation is 1. The molecule has 1 aliphatic heterocycles. The lowest BCUT2D eigenvalue weighted by molar-refractivity contribution is -0.135. The third kappa shape index (κ3) is 5.65. The number of thiophene rings is 1. The minimum Gasteiger partial charge on any atom is -0.356 e. The molecule has 5 heteroatoms. The van der Waals surface area contributed by atoms with Crippen LogP contribution in [0.4, 0.5) is 0 Å². The summed E-state index contributed by atoms with van der Waals surface area (Å²) in [5.41, 5.74) is 0. The van der Waals surface area contributed by atoms with Crippen molar-refractivity contribution in [1.82, 2.24) is 10.2 Å². The van der Waals surface area contributed by atoms with Crippen LogP contribution in [0.5, 0.6) is 0 Å². The predicted octanol–water partition coefficient (Wildman–Crippen LogP) is 3.00. The molecule has 0 bridgehead atoms.